The normalized spacial score (nSPS) is 10.4. The Morgan fingerprint density at radius 3 is 2.39 bits per heavy atom. The molecule has 3 aromatic rings. The predicted octanol–water partition coefficient (Wildman–Crippen LogP) is 1.36. The Kier molecular flexibility index (Phi) is 7.50. The highest BCUT2D eigenvalue weighted by Crippen LogP contribution is 2.20. The number of ether oxygens (including phenoxy) is 1. The zero-order chi connectivity index (χ0) is 20.2. The van der Waals surface area contributed by atoms with Crippen LogP contribution in [0.4, 0.5) is 4.70 Å². The molecule has 0 fully saturated rings. The minimum Gasteiger partial charge on any atom is -0.497 e. The summed E-state index contributed by atoms with van der Waals surface area (Å²) in [6.07, 6.45) is 3.48. The molecule has 0 saturated heterocycles. The van der Waals surface area contributed by atoms with Gasteiger partial charge in [0, 0.05) is 17.5 Å². The molecule has 0 radical (unpaired) electrons. The highest BCUT2D eigenvalue weighted by atomic mass is 32.3. The van der Waals surface area contributed by atoms with Crippen LogP contribution in [0.5, 0.6) is 5.75 Å². The minimum absolute atomic E-state index is 0. The van der Waals surface area contributed by atoms with Crippen molar-refractivity contribution in [3.8, 4) is 5.75 Å². The van der Waals surface area contributed by atoms with Crippen LogP contribution in [0.1, 0.15) is 15.9 Å². The lowest BCUT2D eigenvalue weighted by Gasteiger charge is -2.03. The standard InChI is InChI=1S/C17H14NO4.FH.H2O4S/c1-18-7-3-4-12(10-18)16(19)14-8-11-5-6-13(21-2)9-15(11)22-17(14)20;;1-5(2,3)4/h3-10H,1-2H3;1H;(H2,1,2,3,4)/q+1;;. The monoisotopic (exact) mass is 414 g/mol. The van der Waals surface area contributed by atoms with Crippen LogP contribution in [-0.2, 0) is 17.4 Å². The number of fused-ring (bicyclic) bond motifs is 1. The molecule has 9 nitrogen and oxygen atoms in total. The van der Waals surface area contributed by atoms with Gasteiger partial charge in [-0.1, -0.05) is 0 Å². The van der Waals surface area contributed by atoms with Crippen LogP contribution in [-0.4, -0.2) is 30.4 Å². The van der Waals surface area contributed by atoms with Crippen LogP contribution in [0, 0.1) is 0 Å². The van der Waals surface area contributed by atoms with E-state index in [0.29, 0.717) is 22.3 Å². The maximum absolute atomic E-state index is 12.5. The summed E-state index contributed by atoms with van der Waals surface area (Å²) >= 11 is 0. The van der Waals surface area contributed by atoms with Crippen LogP contribution in [0.3, 0.4) is 0 Å². The highest BCUT2D eigenvalue weighted by Gasteiger charge is 2.18. The molecule has 0 amide bonds. The van der Waals surface area contributed by atoms with Crippen molar-refractivity contribution in [2.75, 3.05) is 7.11 Å². The fourth-order valence-corrected chi connectivity index (χ4v) is 2.25. The van der Waals surface area contributed by atoms with E-state index in [9.17, 15) is 9.59 Å². The van der Waals surface area contributed by atoms with E-state index in [0.717, 1.165) is 0 Å². The maximum Gasteiger partial charge on any atom is 0.394 e. The van der Waals surface area contributed by atoms with Gasteiger partial charge in [-0.3, -0.25) is 18.6 Å². The predicted molar refractivity (Wildman–Crippen MR) is 96.8 cm³/mol. The summed E-state index contributed by atoms with van der Waals surface area (Å²) in [5.74, 6) is 0.229. The van der Waals surface area contributed by atoms with Gasteiger partial charge in [0.1, 0.15) is 23.9 Å². The van der Waals surface area contributed by atoms with Crippen molar-refractivity contribution >= 4 is 27.2 Å². The van der Waals surface area contributed by atoms with Crippen molar-refractivity contribution in [1.82, 2.24) is 0 Å². The number of hydrogen-bond donors (Lipinski definition) is 2. The molecule has 11 heteroatoms. The number of carbonyl (C=O) groups excluding carboxylic acids is 1. The van der Waals surface area contributed by atoms with Crippen LogP contribution in [0.15, 0.2) is 58.0 Å². The van der Waals surface area contributed by atoms with E-state index >= 15 is 0 Å². The molecule has 150 valence electrons. The number of methoxy groups -OCH3 is 1. The van der Waals surface area contributed by atoms with E-state index < -0.39 is 16.0 Å². The van der Waals surface area contributed by atoms with E-state index in [4.69, 9.17) is 26.7 Å². The molecule has 0 bridgehead atoms. The lowest BCUT2D eigenvalue weighted by molar-refractivity contribution is -0.671. The van der Waals surface area contributed by atoms with Crippen LogP contribution >= 0.6 is 0 Å². The Balaban J connectivity index is 0.000000584. The topological polar surface area (TPSA) is 135 Å². The van der Waals surface area contributed by atoms with Gasteiger partial charge in [0.2, 0.25) is 5.78 Å². The zero-order valence-corrected chi connectivity index (χ0v) is 15.5. The summed E-state index contributed by atoms with van der Waals surface area (Å²) < 4.78 is 43.7. The average Bonchev–Trinajstić information content (AvgIpc) is 2.58. The van der Waals surface area contributed by atoms with Gasteiger partial charge in [-0.25, -0.2) is 9.36 Å². The van der Waals surface area contributed by atoms with Crippen LogP contribution in [0.2, 0.25) is 0 Å². The average molecular weight is 414 g/mol. The third-order valence-electron chi connectivity index (χ3n) is 3.39. The molecule has 0 aliphatic heterocycles. The van der Waals surface area contributed by atoms with Crippen molar-refractivity contribution in [1.29, 1.82) is 0 Å². The fraction of sp³-hybridized carbons (Fsp3) is 0.118. The first kappa shape index (κ1) is 22.9. The lowest BCUT2D eigenvalue weighted by Crippen LogP contribution is -2.28. The molecule has 0 unspecified atom stereocenters. The molecule has 0 atom stereocenters. The third kappa shape index (κ3) is 6.23. The number of pyridine rings is 1. The number of hydrogen-bond acceptors (Lipinski definition) is 6. The van der Waals surface area contributed by atoms with E-state index in [1.165, 1.54) is 7.11 Å². The molecule has 2 aromatic heterocycles. The smallest absolute Gasteiger partial charge is 0.394 e. The van der Waals surface area contributed by atoms with Gasteiger partial charge < -0.3 is 9.15 Å². The Labute approximate surface area is 158 Å². The SMILES string of the molecule is COc1ccc2cc(C(=O)c3ccc[n+](C)c3)c(=O)oc2c1.F.O=S(=O)(O)O. The van der Waals surface area contributed by atoms with Crippen molar-refractivity contribution < 1.29 is 40.7 Å². The van der Waals surface area contributed by atoms with E-state index in [2.05, 4.69) is 0 Å². The van der Waals surface area contributed by atoms with Crippen molar-refractivity contribution in [3.63, 3.8) is 0 Å². The number of nitrogens with zero attached hydrogens (tertiary/aromatic N) is 1. The van der Waals surface area contributed by atoms with Gasteiger partial charge in [-0.2, -0.15) is 8.42 Å². The summed E-state index contributed by atoms with van der Waals surface area (Å²) in [4.78, 5) is 24.6. The number of aryl methyl sites for hydroxylation is 1. The van der Waals surface area contributed by atoms with Crippen molar-refractivity contribution in [2.45, 2.75) is 0 Å². The largest absolute Gasteiger partial charge is 0.497 e. The van der Waals surface area contributed by atoms with E-state index in [-0.39, 0.29) is 16.1 Å². The number of aromatic nitrogens is 1. The Bertz CT molecular complexity index is 1150. The quantitative estimate of drug-likeness (QED) is 0.284. The first-order valence-corrected chi connectivity index (χ1v) is 8.80. The van der Waals surface area contributed by atoms with Gasteiger partial charge in [0.15, 0.2) is 12.4 Å². The number of rotatable bonds is 3. The lowest BCUT2D eigenvalue weighted by atomic mass is 10.1. The van der Waals surface area contributed by atoms with Gasteiger partial charge in [0.25, 0.3) is 0 Å². The molecule has 0 aliphatic carbocycles. The third-order valence-corrected chi connectivity index (χ3v) is 3.39. The van der Waals surface area contributed by atoms with Gasteiger partial charge in [-0.15, -0.1) is 0 Å². The fourth-order valence-electron chi connectivity index (χ4n) is 2.25. The summed E-state index contributed by atoms with van der Waals surface area (Å²) in [7, 11) is -1.32. The van der Waals surface area contributed by atoms with Crippen LogP contribution in [0.25, 0.3) is 11.0 Å². The van der Waals surface area contributed by atoms with Gasteiger partial charge in [-0.05, 0) is 24.3 Å². The molecule has 2 heterocycles. The van der Waals surface area contributed by atoms with Crippen molar-refractivity contribution in [3.05, 3.63) is 70.3 Å². The molecule has 0 spiro atoms. The number of ketones is 1. The summed E-state index contributed by atoms with van der Waals surface area (Å²) in [5, 5.41) is 0.670. The van der Waals surface area contributed by atoms with Gasteiger partial charge >= 0.3 is 16.0 Å². The molecular weight excluding hydrogens is 397 g/mol. The number of halogens is 1. The molecular formula is C17H17FNO8S+. The van der Waals surface area contributed by atoms with Crippen LogP contribution < -0.4 is 14.9 Å². The summed E-state index contributed by atoms with van der Waals surface area (Å²) in [6, 6.07) is 10.1. The molecule has 3 rings (SSSR count). The second kappa shape index (κ2) is 9.17. The minimum atomic E-state index is -4.67. The second-order valence-corrected chi connectivity index (χ2v) is 6.28. The maximum atomic E-state index is 12.5. The molecule has 0 saturated carbocycles. The van der Waals surface area contributed by atoms with Crippen molar-refractivity contribution in [2.24, 2.45) is 7.05 Å². The highest BCUT2D eigenvalue weighted by molar-refractivity contribution is 7.79. The summed E-state index contributed by atoms with van der Waals surface area (Å²) in [5.41, 5.74) is 0.186. The summed E-state index contributed by atoms with van der Waals surface area (Å²) in [6.45, 7) is 0. The molecule has 2 N–H and O–H groups in total. The Morgan fingerprint density at radius 1 is 1.18 bits per heavy atom. The Morgan fingerprint density at radius 2 is 1.82 bits per heavy atom. The first-order chi connectivity index (χ1) is 12.6. The molecule has 1 aromatic carbocycles. The molecule has 0 aliphatic rings. The second-order valence-electron chi connectivity index (χ2n) is 5.39. The number of carbonyl (C=O) groups is 1. The first-order valence-electron chi connectivity index (χ1n) is 7.40. The van der Waals surface area contributed by atoms with E-state index in [1.807, 2.05) is 13.2 Å². The molecule has 28 heavy (non-hydrogen) atoms. The van der Waals surface area contributed by atoms with Gasteiger partial charge in [0.05, 0.1) is 12.7 Å². The number of benzene rings is 1. The van der Waals surface area contributed by atoms with E-state index in [1.54, 1.807) is 47.2 Å². The Hall–Kier alpha value is -3.15. The zero-order valence-electron chi connectivity index (χ0n) is 14.7.